The van der Waals surface area contributed by atoms with Crippen LogP contribution < -0.4 is 10.6 Å². The van der Waals surface area contributed by atoms with Gasteiger partial charge >= 0.3 is 0 Å². The minimum absolute atomic E-state index is 0.103. The zero-order valence-electron chi connectivity index (χ0n) is 14.3. The molecule has 1 unspecified atom stereocenters. The molecular formula is C19H24FN3O2. The number of halogens is 1. The highest BCUT2D eigenvalue weighted by Gasteiger charge is 2.31. The Bertz CT molecular complexity index is 692. The normalized spacial score (nSPS) is 24.1. The molecule has 0 spiro atoms. The van der Waals surface area contributed by atoms with Crippen LogP contribution in [-0.2, 0) is 11.2 Å². The number of benzene rings is 1. The molecule has 2 saturated heterocycles. The van der Waals surface area contributed by atoms with E-state index in [0.29, 0.717) is 43.6 Å². The summed E-state index contributed by atoms with van der Waals surface area (Å²) in [6.07, 6.45) is 5.35. The van der Waals surface area contributed by atoms with E-state index in [1.54, 1.807) is 11.0 Å². The lowest BCUT2D eigenvalue weighted by molar-refractivity contribution is -0.116. The molecule has 0 bridgehead atoms. The van der Waals surface area contributed by atoms with Crippen LogP contribution in [0.25, 0.3) is 0 Å². The van der Waals surface area contributed by atoms with Crippen LogP contribution in [0.3, 0.4) is 0 Å². The number of nitrogens with zero attached hydrogens (tertiary/aromatic N) is 1. The summed E-state index contributed by atoms with van der Waals surface area (Å²) in [5.74, 6) is -0.260. The molecule has 0 aromatic heterocycles. The maximum Gasteiger partial charge on any atom is 0.256 e. The molecule has 2 N–H and O–H groups in total. The van der Waals surface area contributed by atoms with Crippen molar-refractivity contribution < 1.29 is 14.0 Å². The van der Waals surface area contributed by atoms with E-state index in [9.17, 15) is 14.0 Å². The van der Waals surface area contributed by atoms with Crippen molar-refractivity contribution in [2.24, 2.45) is 5.92 Å². The van der Waals surface area contributed by atoms with E-state index < -0.39 is 5.82 Å². The van der Waals surface area contributed by atoms with Crippen LogP contribution in [0.5, 0.6) is 0 Å². The number of rotatable bonds is 2. The lowest BCUT2D eigenvalue weighted by atomic mass is 9.88. The van der Waals surface area contributed by atoms with Crippen molar-refractivity contribution in [1.82, 2.24) is 10.2 Å². The van der Waals surface area contributed by atoms with Crippen molar-refractivity contribution >= 4 is 17.5 Å². The van der Waals surface area contributed by atoms with Gasteiger partial charge in [-0.05, 0) is 62.3 Å². The summed E-state index contributed by atoms with van der Waals surface area (Å²) in [5, 5.41) is 6.22. The lowest BCUT2D eigenvalue weighted by Gasteiger charge is -2.35. The molecule has 1 aromatic carbocycles. The average molecular weight is 345 g/mol. The fourth-order valence-electron chi connectivity index (χ4n) is 4.36. The summed E-state index contributed by atoms with van der Waals surface area (Å²) in [6.45, 7) is 2.48. The van der Waals surface area contributed by atoms with Gasteiger partial charge in [-0.15, -0.1) is 0 Å². The fourth-order valence-corrected chi connectivity index (χ4v) is 4.36. The first-order valence-electron chi connectivity index (χ1n) is 9.27. The molecule has 3 aliphatic rings. The number of hydrogen-bond acceptors (Lipinski definition) is 3. The van der Waals surface area contributed by atoms with Crippen LogP contribution in [0.15, 0.2) is 12.1 Å². The highest BCUT2D eigenvalue weighted by Crippen LogP contribution is 2.29. The number of nitrogens with one attached hydrogen (secondary N) is 2. The van der Waals surface area contributed by atoms with E-state index in [2.05, 4.69) is 10.6 Å². The van der Waals surface area contributed by atoms with Crippen LogP contribution in [0.4, 0.5) is 10.1 Å². The van der Waals surface area contributed by atoms with Gasteiger partial charge in [0.2, 0.25) is 5.91 Å². The van der Waals surface area contributed by atoms with Crippen LogP contribution in [0.2, 0.25) is 0 Å². The first-order chi connectivity index (χ1) is 12.1. The third-order valence-electron chi connectivity index (χ3n) is 5.81. The molecule has 1 aromatic rings. The zero-order valence-corrected chi connectivity index (χ0v) is 14.3. The summed E-state index contributed by atoms with van der Waals surface area (Å²) in [4.78, 5) is 26.0. The van der Waals surface area contributed by atoms with Crippen molar-refractivity contribution in [3.05, 3.63) is 29.1 Å². The number of likely N-dealkylation sites (tertiary alicyclic amines) is 1. The molecule has 25 heavy (non-hydrogen) atoms. The van der Waals surface area contributed by atoms with Gasteiger partial charge < -0.3 is 15.5 Å². The standard InChI is InChI=1S/C19H24FN3O2/c20-15-11-17-13(3-4-18(24)22-17)10-14(15)19(25)23-8-5-12(6-9-23)16-2-1-7-21-16/h10-12,16,21H,1-9H2,(H,22,24). The Hall–Kier alpha value is -1.95. The summed E-state index contributed by atoms with van der Waals surface area (Å²) >= 11 is 0. The third-order valence-corrected chi connectivity index (χ3v) is 5.81. The Morgan fingerprint density at radius 3 is 2.68 bits per heavy atom. The van der Waals surface area contributed by atoms with Gasteiger partial charge in [-0.2, -0.15) is 0 Å². The van der Waals surface area contributed by atoms with E-state index >= 15 is 0 Å². The average Bonchev–Trinajstić information content (AvgIpc) is 3.15. The lowest BCUT2D eigenvalue weighted by Crippen LogP contribution is -2.43. The molecule has 6 heteroatoms. The number of piperidine rings is 1. The molecular weight excluding hydrogens is 321 g/mol. The van der Waals surface area contributed by atoms with Gasteiger partial charge in [-0.25, -0.2) is 4.39 Å². The SMILES string of the molecule is O=C1CCc2cc(C(=O)N3CCC(C4CCCN4)CC3)c(F)cc2N1. The predicted molar refractivity (Wildman–Crippen MR) is 93.0 cm³/mol. The quantitative estimate of drug-likeness (QED) is 0.865. The maximum atomic E-state index is 14.4. The summed E-state index contributed by atoms with van der Waals surface area (Å²) in [6, 6.07) is 3.49. The van der Waals surface area contributed by atoms with Gasteiger partial charge in [0, 0.05) is 31.2 Å². The van der Waals surface area contributed by atoms with Crippen LogP contribution >= 0.6 is 0 Å². The third kappa shape index (κ3) is 3.27. The van der Waals surface area contributed by atoms with E-state index in [1.807, 2.05) is 0 Å². The van der Waals surface area contributed by atoms with Gasteiger partial charge in [0.05, 0.1) is 5.56 Å². The molecule has 1 atom stereocenters. The van der Waals surface area contributed by atoms with Gasteiger partial charge in [0.1, 0.15) is 5.82 Å². The molecule has 2 amide bonds. The van der Waals surface area contributed by atoms with Crippen molar-refractivity contribution in [3.8, 4) is 0 Å². The Morgan fingerprint density at radius 1 is 1.16 bits per heavy atom. The number of carbonyl (C=O) groups is 2. The molecule has 2 fully saturated rings. The molecule has 0 saturated carbocycles. The second kappa shape index (κ2) is 6.75. The number of aryl methyl sites for hydroxylation is 1. The molecule has 4 rings (SSSR count). The van der Waals surface area contributed by atoms with Crippen LogP contribution in [0.1, 0.15) is 48.0 Å². The van der Waals surface area contributed by atoms with Crippen molar-refractivity contribution in [2.45, 2.75) is 44.6 Å². The summed E-state index contributed by atoms with van der Waals surface area (Å²) in [7, 11) is 0. The summed E-state index contributed by atoms with van der Waals surface area (Å²) in [5.41, 5.74) is 1.47. The van der Waals surface area contributed by atoms with Gasteiger partial charge in [0.25, 0.3) is 5.91 Å². The highest BCUT2D eigenvalue weighted by atomic mass is 19.1. The predicted octanol–water partition coefficient (Wildman–Crippen LogP) is 2.31. The van der Waals surface area contributed by atoms with E-state index in [-0.39, 0.29) is 17.4 Å². The second-order valence-electron chi connectivity index (χ2n) is 7.37. The first-order valence-corrected chi connectivity index (χ1v) is 9.27. The minimum Gasteiger partial charge on any atom is -0.339 e. The van der Waals surface area contributed by atoms with E-state index in [4.69, 9.17) is 0 Å². The molecule has 0 aliphatic carbocycles. The summed E-state index contributed by atoms with van der Waals surface area (Å²) < 4.78 is 14.4. The van der Waals surface area contributed by atoms with Crippen molar-refractivity contribution in [2.75, 3.05) is 25.0 Å². The fraction of sp³-hybridized carbons (Fsp3) is 0.579. The maximum absolute atomic E-state index is 14.4. The van der Waals surface area contributed by atoms with Gasteiger partial charge in [-0.3, -0.25) is 9.59 Å². The largest absolute Gasteiger partial charge is 0.339 e. The Morgan fingerprint density at radius 2 is 1.96 bits per heavy atom. The van der Waals surface area contributed by atoms with Crippen LogP contribution in [0, 0.1) is 11.7 Å². The Balaban J connectivity index is 1.45. The van der Waals surface area contributed by atoms with Crippen LogP contribution in [-0.4, -0.2) is 42.4 Å². The number of carbonyl (C=O) groups excluding carboxylic acids is 2. The Kier molecular flexibility index (Phi) is 4.46. The molecule has 3 heterocycles. The molecule has 5 nitrogen and oxygen atoms in total. The first kappa shape index (κ1) is 16.5. The number of fused-ring (bicyclic) bond motifs is 1. The Labute approximate surface area is 147 Å². The monoisotopic (exact) mass is 345 g/mol. The molecule has 3 aliphatic heterocycles. The number of amides is 2. The number of hydrogen-bond donors (Lipinski definition) is 2. The van der Waals surface area contributed by atoms with Gasteiger partial charge in [0.15, 0.2) is 0 Å². The topological polar surface area (TPSA) is 61.4 Å². The molecule has 134 valence electrons. The highest BCUT2D eigenvalue weighted by molar-refractivity contribution is 5.98. The second-order valence-corrected chi connectivity index (χ2v) is 7.37. The van der Waals surface area contributed by atoms with Crippen molar-refractivity contribution in [1.29, 1.82) is 0 Å². The van der Waals surface area contributed by atoms with Gasteiger partial charge in [-0.1, -0.05) is 0 Å². The minimum atomic E-state index is -0.550. The smallest absolute Gasteiger partial charge is 0.256 e. The van der Waals surface area contributed by atoms with E-state index in [0.717, 1.165) is 24.9 Å². The van der Waals surface area contributed by atoms with E-state index in [1.165, 1.54) is 18.9 Å². The van der Waals surface area contributed by atoms with Crippen molar-refractivity contribution in [3.63, 3.8) is 0 Å². The zero-order chi connectivity index (χ0) is 17.4. The number of anilines is 1. The molecule has 0 radical (unpaired) electrons.